The van der Waals surface area contributed by atoms with Gasteiger partial charge in [-0.1, -0.05) is 16.9 Å². The number of nitrogens with one attached hydrogen (secondary N) is 1. The lowest BCUT2D eigenvalue weighted by molar-refractivity contribution is -0.644. The highest BCUT2D eigenvalue weighted by atomic mass is 16.5. The van der Waals surface area contributed by atoms with E-state index in [9.17, 15) is 14.8 Å². The molecule has 6 heteroatoms. The minimum Gasteiger partial charge on any atom is -0.595 e. The zero-order valence-corrected chi connectivity index (χ0v) is 8.56. The van der Waals surface area contributed by atoms with E-state index in [-0.39, 0.29) is 16.8 Å². The lowest BCUT2D eigenvalue weighted by Crippen LogP contribution is -2.39. The largest absolute Gasteiger partial charge is 0.595 e. The van der Waals surface area contributed by atoms with Crippen molar-refractivity contribution in [2.24, 2.45) is 0 Å². The van der Waals surface area contributed by atoms with Gasteiger partial charge >= 0.3 is 5.69 Å². The molecule has 2 aromatic rings. The van der Waals surface area contributed by atoms with Crippen molar-refractivity contribution in [1.29, 1.82) is 0 Å². The summed E-state index contributed by atoms with van der Waals surface area (Å²) < 4.78 is 0. The van der Waals surface area contributed by atoms with E-state index in [0.29, 0.717) is 16.8 Å². The van der Waals surface area contributed by atoms with Crippen molar-refractivity contribution in [1.82, 2.24) is 10.1 Å². The average molecular weight is 219 g/mol. The number of hydrogen-bond donors (Lipinski definition) is 1. The molecule has 1 heterocycles. The Kier molecular flexibility index (Phi) is 2.40. The highest BCUT2D eigenvalue weighted by molar-refractivity contribution is 5.98. The van der Waals surface area contributed by atoms with Gasteiger partial charge in [-0.05, 0) is 12.1 Å². The normalized spacial score (nSPS) is 10.6. The first-order chi connectivity index (χ1) is 7.61. The summed E-state index contributed by atoms with van der Waals surface area (Å²) in [4.78, 5) is 26.4. The van der Waals surface area contributed by atoms with Crippen LogP contribution in [-0.2, 0) is 0 Å². The topological polar surface area (TPSA) is 89.8 Å². The van der Waals surface area contributed by atoms with Gasteiger partial charge in [0.15, 0.2) is 5.78 Å². The third kappa shape index (κ3) is 1.65. The average Bonchev–Trinajstić information content (AvgIpc) is 2.27. The summed E-state index contributed by atoms with van der Waals surface area (Å²) in [5.41, 5.74) is 0.169. The number of ketones is 1. The van der Waals surface area contributed by atoms with Gasteiger partial charge in [-0.3, -0.25) is 4.79 Å². The van der Waals surface area contributed by atoms with Gasteiger partial charge in [0, 0.05) is 18.1 Å². The minimum atomic E-state index is -0.733. The maximum absolute atomic E-state index is 11.4. The van der Waals surface area contributed by atoms with Crippen molar-refractivity contribution in [2.75, 3.05) is 0 Å². The molecule has 0 unspecified atom stereocenters. The molecule has 16 heavy (non-hydrogen) atoms. The van der Waals surface area contributed by atoms with Gasteiger partial charge in [0.05, 0.1) is 0 Å². The summed E-state index contributed by atoms with van der Waals surface area (Å²) in [5.74, 6) is -0.0542. The van der Waals surface area contributed by atoms with E-state index < -0.39 is 5.69 Å². The standard InChI is InChI=1S/C10H9N3O3/c1-2-9(14)6-3-4-8-7(5-6)11-10(15)12-13(8)16/h3-5H,2H2,1H3,(H,11,12,15). The van der Waals surface area contributed by atoms with E-state index in [2.05, 4.69) is 4.98 Å². The Bertz CT molecular complexity index is 618. The molecule has 0 aliphatic rings. The fourth-order valence-electron chi connectivity index (χ4n) is 1.44. The van der Waals surface area contributed by atoms with Crippen LogP contribution in [-0.4, -0.2) is 15.9 Å². The number of H-pyrrole nitrogens is 1. The molecule has 0 amide bonds. The van der Waals surface area contributed by atoms with Crippen LogP contribution in [0.2, 0.25) is 0 Å². The Hall–Kier alpha value is -2.24. The lowest BCUT2D eigenvalue weighted by atomic mass is 10.1. The summed E-state index contributed by atoms with van der Waals surface area (Å²) in [6.45, 7) is 1.74. The molecule has 0 saturated carbocycles. The monoisotopic (exact) mass is 219 g/mol. The molecule has 2 rings (SSSR count). The molecule has 0 radical (unpaired) electrons. The maximum atomic E-state index is 11.4. The zero-order valence-electron chi connectivity index (χ0n) is 8.56. The van der Waals surface area contributed by atoms with Crippen molar-refractivity contribution in [2.45, 2.75) is 13.3 Å². The van der Waals surface area contributed by atoms with Gasteiger partial charge in [-0.25, -0.2) is 4.79 Å². The molecule has 0 aliphatic heterocycles. The van der Waals surface area contributed by atoms with E-state index >= 15 is 0 Å². The molecule has 0 spiro atoms. The quantitative estimate of drug-likeness (QED) is 0.442. The summed E-state index contributed by atoms with van der Waals surface area (Å²) in [6.07, 6.45) is 0.367. The second-order valence-corrected chi connectivity index (χ2v) is 3.30. The van der Waals surface area contributed by atoms with Crippen molar-refractivity contribution in [3.63, 3.8) is 0 Å². The summed E-state index contributed by atoms with van der Waals surface area (Å²) in [6, 6.07) is 4.46. The highest BCUT2D eigenvalue weighted by Crippen LogP contribution is 2.10. The number of hydrogen-bond acceptors (Lipinski definition) is 4. The third-order valence-corrected chi connectivity index (χ3v) is 2.26. The van der Waals surface area contributed by atoms with Crippen LogP contribution >= 0.6 is 0 Å². The SMILES string of the molecule is CCC(=O)c1ccc2c(c1)nc(=O)[nH][n+]2[O-]. The van der Waals surface area contributed by atoms with Gasteiger partial charge in [-0.2, -0.15) is 4.98 Å². The number of carbonyl (C=O) groups is 1. The third-order valence-electron chi connectivity index (χ3n) is 2.26. The van der Waals surface area contributed by atoms with Crippen LogP contribution in [0.25, 0.3) is 11.0 Å². The predicted molar refractivity (Wildman–Crippen MR) is 55.9 cm³/mol. The van der Waals surface area contributed by atoms with E-state index in [1.54, 1.807) is 13.0 Å². The van der Waals surface area contributed by atoms with Gasteiger partial charge in [-0.15, -0.1) is 0 Å². The van der Waals surface area contributed by atoms with Gasteiger partial charge in [0.1, 0.15) is 5.52 Å². The van der Waals surface area contributed by atoms with Crippen molar-refractivity contribution in [3.05, 3.63) is 39.5 Å². The lowest BCUT2D eigenvalue weighted by Gasteiger charge is -2.00. The van der Waals surface area contributed by atoms with Crippen LogP contribution in [0, 0.1) is 5.21 Å². The number of nitrogens with zero attached hydrogens (tertiary/aromatic N) is 2. The molecule has 82 valence electrons. The first-order valence-electron chi connectivity index (χ1n) is 4.78. The second-order valence-electron chi connectivity index (χ2n) is 3.30. The smallest absolute Gasteiger partial charge is 0.395 e. The Balaban J connectivity index is 2.71. The fourth-order valence-corrected chi connectivity index (χ4v) is 1.44. The van der Waals surface area contributed by atoms with Crippen LogP contribution in [0.3, 0.4) is 0 Å². The van der Waals surface area contributed by atoms with Gasteiger partial charge in [0.2, 0.25) is 0 Å². The fraction of sp³-hybridized carbons (Fsp3) is 0.200. The molecular formula is C10H9N3O3. The molecular weight excluding hydrogens is 210 g/mol. The van der Waals surface area contributed by atoms with Gasteiger partial charge in [0.25, 0.3) is 5.52 Å². The molecule has 0 atom stereocenters. The number of carbonyl (C=O) groups excluding carboxylic acids is 1. The van der Waals surface area contributed by atoms with Crippen LogP contribution in [0.15, 0.2) is 23.0 Å². The van der Waals surface area contributed by atoms with Crippen LogP contribution in [0.1, 0.15) is 23.7 Å². The summed E-state index contributed by atoms with van der Waals surface area (Å²) in [5, 5.41) is 13.3. The minimum absolute atomic E-state index is 0.0542. The Labute approximate surface area is 90.1 Å². The van der Waals surface area contributed by atoms with Crippen LogP contribution in [0.5, 0.6) is 0 Å². The molecule has 0 saturated heterocycles. The molecule has 0 fully saturated rings. The summed E-state index contributed by atoms with van der Waals surface area (Å²) >= 11 is 0. The second kappa shape index (κ2) is 3.73. The first kappa shape index (κ1) is 10.3. The van der Waals surface area contributed by atoms with Crippen molar-refractivity contribution >= 4 is 16.8 Å². The van der Waals surface area contributed by atoms with Crippen molar-refractivity contribution in [3.8, 4) is 0 Å². The first-order valence-corrected chi connectivity index (χ1v) is 4.78. The molecule has 0 aliphatic carbocycles. The Morgan fingerprint density at radius 1 is 1.56 bits per heavy atom. The van der Waals surface area contributed by atoms with Crippen LogP contribution in [0.4, 0.5) is 0 Å². The number of fused-ring (bicyclic) bond motifs is 1. The van der Waals surface area contributed by atoms with E-state index in [1.165, 1.54) is 12.1 Å². The van der Waals surface area contributed by atoms with Gasteiger partial charge < -0.3 is 5.21 Å². The highest BCUT2D eigenvalue weighted by Gasteiger charge is 2.10. The molecule has 1 aromatic carbocycles. The number of aromatic nitrogens is 3. The molecule has 0 bridgehead atoms. The zero-order chi connectivity index (χ0) is 11.7. The number of benzene rings is 1. The van der Waals surface area contributed by atoms with E-state index in [4.69, 9.17) is 0 Å². The van der Waals surface area contributed by atoms with E-state index in [1.807, 2.05) is 5.10 Å². The maximum Gasteiger partial charge on any atom is 0.395 e. The Morgan fingerprint density at radius 2 is 2.31 bits per heavy atom. The molecule has 1 N–H and O–H groups in total. The number of rotatable bonds is 2. The van der Waals surface area contributed by atoms with Crippen molar-refractivity contribution < 1.29 is 9.64 Å². The predicted octanol–water partition coefficient (Wildman–Crippen LogP) is 0.149. The van der Waals surface area contributed by atoms with E-state index in [0.717, 1.165) is 0 Å². The molecule has 6 nitrogen and oxygen atoms in total. The molecule has 1 aromatic heterocycles. The number of aromatic amines is 1. The Morgan fingerprint density at radius 3 is 3.00 bits per heavy atom. The van der Waals surface area contributed by atoms with Crippen LogP contribution < -0.4 is 10.5 Å². The number of Topliss-reactive ketones (excluding diaryl/α,β-unsaturated/α-hetero) is 1. The summed E-state index contributed by atoms with van der Waals surface area (Å²) in [7, 11) is 0.